The molecular formula is C14H30N2O3. The van der Waals surface area contributed by atoms with Crippen molar-refractivity contribution in [3.63, 3.8) is 0 Å². The van der Waals surface area contributed by atoms with Crippen molar-refractivity contribution in [1.29, 1.82) is 0 Å². The monoisotopic (exact) mass is 274 g/mol. The third-order valence-corrected chi connectivity index (χ3v) is 3.57. The fraction of sp³-hybridized carbons (Fsp3) is 1.00. The molecule has 0 aromatic heterocycles. The Kier molecular flexibility index (Phi) is 10.3. The molecule has 1 rings (SSSR count). The molecule has 0 aromatic rings. The predicted molar refractivity (Wildman–Crippen MR) is 76.4 cm³/mol. The highest BCUT2D eigenvalue weighted by Gasteiger charge is 2.23. The van der Waals surface area contributed by atoms with E-state index in [4.69, 9.17) is 19.9 Å². The summed E-state index contributed by atoms with van der Waals surface area (Å²) >= 11 is 0. The Hall–Kier alpha value is -0.200. The van der Waals surface area contributed by atoms with Crippen LogP contribution < -0.4 is 5.73 Å². The lowest BCUT2D eigenvalue weighted by Gasteiger charge is -2.37. The summed E-state index contributed by atoms with van der Waals surface area (Å²) in [7, 11) is 1.68. The molecule has 5 nitrogen and oxygen atoms in total. The molecule has 0 saturated heterocycles. The first-order valence-corrected chi connectivity index (χ1v) is 7.47. The van der Waals surface area contributed by atoms with Gasteiger partial charge in [0.15, 0.2) is 0 Å². The Labute approximate surface area is 117 Å². The second-order valence-corrected chi connectivity index (χ2v) is 4.98. The van der Waals surface area contributed by atoms with Crippen LogP contribution in [0, 0.1) is 0 Å². The normalized spacial score (nSPS) is 15.9. The summed E-state index contributed by atoms with van der Waals surface area (Å²) in [5.41, 5.74) is 5.59. The Morgan fingerprint density at radius 2 is 1.68 bits per heavy atom. The lowest BCUT2D eigenvalue weighted by atomic mass is 9.91. The van der Waals surface area contributed by atoms with Gasteiger partial charge >= 0.3 is 0 Å². The highest BCUT2D eigenvalue weighted by atomic mass is 16.5. The zero-order valence-corrected chi connectivity index (χ0v) is 12.3. The zero-order valence-electron chi connectivity index (χ0n) is 12.3. The number of hydrogen-bond donors (Lipinski definition) is 1. The number of hydrogen-bond acceptors (Lipinski definition) is 5. The van der Waals surface area contributed by atoms with Crippen molar-refractivity contribution in [2.75, 3.05) is 59.8 Å². The van der Waals surface area contributed by atoms with Crippen LogP contribution in [0.3, 0.4) is 0 Å². The van der Waals surface area contributed by atoms with E-state index < -0.39 is 0 Å². The Bertz CT molecular complexity index is 201. The van der Waals surface area contributed by atoms with Crippen molar-refractivity contribution in [2.24, 2.45) is 5.73 Å². The first kappa shape index (κ1) is 16.9. The zero-order chi connectivity index (χ0) is 13.8. The number of ether oxygens (including phenoxy) is 3. The van der Waals surface area contributed by atoms with Crippen molar-refractivity contribution < 1.29 is 14.2 Å². The highest BCUT2D eigenvalue weighted by Crippen LogP contribution is 2.24. The number of rotatable bonds is 13. The topological polar surface area (TPSA) is 57.0 Å². The van der Waals surface area contributed by atoms with Crippen molar-refractivity contribution in [2.45, 2.75) is 31.7 Å². The van der Waals surface area contributed by atoms with Crippen LogP contribution in [0.2, 0.25) is 0 Å². The summed E-state index contributed by atoms with van der Waals surface area (Å²) in [6, 6.07) is 0.771. The third-order valence-electron chi connectivity index (χ3n) is 3.57. The Balaban J connectivity index is 1.95. The van der Waals surface area contributed by atoms with Gasteiger partial charge in [-0.2, -0.15) is 0 Å². The molecule has 0 heterocycles. The van der Waals surface area contributed by atoms with E-state index in [0.29, 0.717) is 26.4 Å². The van der Waals surface area contributed by atoms with Gasteiger partial charge in [0.05, 0.1) is 33.0 Å². The maximum Gasteiger partial charge on any atom is 0.0701 e. The molecular weight excluding hydrogens is 244 g/mol. The second kappa shape index (κ2) is 11.6. The minimum absolute atomic E-state index is 0.643. The number of methoxy groups -OCH3 is 1. The fourth-order valence-electron chi connectivity index (χ4n) is 2.17. The predicted octanol–water partition coefficient (Wildman–Crippen LogP) is 0.869. The molecule has 0 aliphatic heterocycles. The average Bonchev–Trinajstić information content (AvgIpc) is 2.36. The van der Waals surface area contributed by atoms with Gasteiger partial charge in [-0.25, -0.2) is 0 Å². The van der Waals surface area contributed by atoms with Gasteiger partial charge in [0.25, 0.3) is 0 Å². The first-order chi connectivity index (χ1) is 9.38. The smallest absolute Gasteiger partial charge is 0.0701 e. The van der Waals surface area contributed by atoms with Crippen molar-refractivity contribution in [3.8, 4) is 0 Å². The average molecular weight is 274 g/mol. The molecule has 0 atom stereocenters. The van der Waals surface area contributed by atoms with Gasteiger partial charge in [-0.05, 0) is 32.4 Å². The minimum Gasteiger partial charge on any atom is -0.382 e. The quantitative estimate of drug-likeness (QED) is 0.505. The standard InChI is InChI=1S/C14H30N2O3/c1-17-10-11-19-13-12-18-9-8-16(7-3-6-15)14-4-2-5-14/h14H,2-13,15H2,1H3. The molecule has 0 amide bonds. The van der Waals surface area contributed by atoms with Crippen molar-refractivity contribution >= 4 is 0 Å². The van der Waals surface area contributed by atoms with E-state index in [2.05, 4.69) is 4.90 Å². The molecule has 2 N–H and O–H groups in total. The molecule has 1 saturated carbocycles. The first-order valence-electron chi connectivity index (χ1n) is 7.47. The molecule has 0 radical (unpaired) electrons. The summed E-state index contributed by atoms with van der Waals surface area (Å²) in [4.78, 5) is 2.53. The summed E-state index contributed by atoms with van der Waals surface area (Å²) in [6.45, 7) is 6.29. The van der Waals surface area contributed by atoms with Crippen LogP contribution in [0.15, 0.2) is 0 Å². The van der Waals surface area contributed by atoms with Crippen molar-refractivity contribution in [3.05, 3.63) is 0 Å². The maximum absolute atomic E-state index is 5.60. The third kappa shape index (κ3) is 7.84. The molecule has 1 aliphatic carbocycles. The molecule has 0 unspecified atom stereocenters. The Morgan fingerprint density at radius 1 is 1.00 bits per heavy atom. The summed E-state index contributed by atoms with van der Waals surface area (Å²) in [6.07, 6.45) is 5.13. The molecule has 19 heavy (non-hydrogen) atoms. The lowest BCUT2D eigenvalue weighted by molar-refractivity contribution is 0.0122. The van der Waals surface area contributed by atoms with Gasteiger partial charge in [0.1, 0.15) is 0 Å². The van der Waals surface area contributed by atoms with E-state index in [0.717, 1.165) is 38.7 Å². The molecule has 5 heteroatoms. The molecule has 0 spiro atoms. The number of nitrogens with two attached hydrogens (primary N) is 1. The fourth-order valence-corrected chi connectivity index (χ4v) is 2.17. The molecule has 0 aromatic carbocycles. The van der Waals surface area contributed by atoms with Crippen LogP contribution in [0.1, 0.15) is 25.7 Å². The second-order valence-electron chi connectivity index (χ2n) is 4.98. The summed E-state index contributed by atoms with van der Waals surface area (Å²) < 4.78 is 15.9. The van der Waals surface area contributed by atoms with Crippen LogP contribution >= 0.6 is 0 Å². The Morgan fingerprint density at radius 3 is 2.26 bits per heavy atom. The van der Waals surface area contributed by atoms with E-state index in [-0.39, 0.29) is 0 Å². The van der Waals surface area contributed by atoms with Gasteiger partial charge in [-0.15, -0.1) is 0 Å². The molecule has 114 valence electrons. The number of nitrogens with zero attached hydrogens (tertiary/aromatic N) is 1. The highest BCUT2D eigenvalue weighted by molar-refractivity contribution is 4.79. The van der Waals surface area contributed by atoms with E-state index in [1.807, 2.05) is 0 Å². The SMILES string of the molecule is COCCOCCOCCN(CCCN)C1CCC1. The van der Waals surface area contributed by atoms with Crippen LogP contribution in [0.4, 0.5) is 0 Å². The van der Waals surface area contributed by atoms with Crippen LogP contribution in [-0.2, 0) is 14.2 Å². The molecule has 0 bridgehead atoms. The van der Waals surface area contributed by atoms with Gasteiger partial charge in [0.2, 0.25) is 0 Å². The van der Waals surface area contributed by atoms with E-state index in [1.54, 1.807) is 7.11 Å². The van der Waals surface area contributed by atoms with Gasteiger partial charge in [0, 0.05) is 19.7 Å². The molecule has 1 aliphatic rings. The van der Waals surface area contributed by atoms with Gasteiger partial charge in [-0.1, -0.05) is 6.42 Å². The summed E-state index contributed by atoms with van der Waals surface area (Å²) in [5.74, 6) is 0. The lowest BCUT2D eigenvalue weighted by Crippen LogP contribution is -2.43. The van der Waals surface area contributed by atoms with Crippen LogP contribution in [0.5, 0.6) is 0 Å². The van der Waals surface area contributed by atoms with E-state index >= 15 is 0 Å². The van der Waals surface area contributed by atoms with Crippen molar-refractivity contribution in [1.82, 2.24) is 4.90 Å². The van der Waals surface area contributed by atoms with E-state index in [9.17, 15) is 0 Å². The maximum atomic E-state index is 5.60. The molecule has 1 fully saturated rings. The van der Waals surface area contributed by atoms with E-state index in [1.165, 1.54) is 19.3 Å². The van der Waals surface area contributed by atoms with Crippen LogP contribution in [-0.4, -0.2) is 70.7 Å². The van der Waals surface area contributed by atoms with Crippen LogP contribution in [0.25, 0.3) is 0 Å². The summed E-state index contributed by atoms with van der Waals surface area (Å²) in [5, 5.41) is 0. The minimum atomic E-state index is 0.643. The van der Waals surface area contributed by atoms with Gasteiger partial charge in [-0.3, -0.25) is 4.90 Å². The largest absolute Gasteiger partial charge is 0.382 e. The van der Waals surface area contributed by atoms with Gasteiger partial charge < -0.3 is 19.9 Å².